The van der Waals surface area contributed by atoms with E-state index >= 15 is 0 Å². The maximum Gasteiger partial charge on any atom is 0.244 e. The summed E-state index contributed by atoms with van der Waals surface area (Å²) in [5.41, 5.74) is 6.14. The summed E-state index contributed by atoms with van der Waals surface area (Å²) in [7, 11) is 1.85. The molecule has 2 N–H and O–H groups in total. The zero-order valence-corrected chi connectivity index (χ0v) is 10.3. The molecule has 17 heavy (non-hydrogen) atoms. The van der Waals surface area contributed by atoms with Crippen LogP contribution in [-0.4, -0.2) is 38.9 Å². The second-order valence-electron chi connectivity index (χ2n) is 4.69. The van der Waals surface area contributed by atoms with Crippen molar-refractivity contribution in [1.29, 1.82) is 0 Å². The molecule has 1 aliphatic rings. The lowest BCUT2D eigenvalue weighted by molar-refractivity contribution is -0.132. The summed E-state index contributed by atoms with van der Waals surface area (Å²) in [6.45, 7) is 2.69. The van der Waals surface area contributed by atoms with E-state index in [9.17, 15) is 4.79 Å². The molecule has 1 saturated carbocycles. The maximum absolute atomic E-state index is 12.0. The van der Waals surface area contributed by atoms with Gasteiger partial charge < -0.3 is 10.6 Å². The SMILES string of the molecule is CC(C1CC1)N(C)C(=O)Cn1cc(CN)nn1. The summed E-state index contributed by atoms with van der Waals surface area (Å²) in [6, 6.07) is 0.319. The number of aromatic nitrogens is 3. The van der Waals surface area contributed by atoms with Gasteiger partial charge in [-0.2, -0.15) is 0 Å². The molecule has 0 spiro atoms. The smallest absolute Gasteiger partial charge is 0.244 e. The first kappa shape index (κ1) is 12.0. The molecule has 1 heterocycles. The number of carbonyl (C=O) groups is 1. The molecule has 0 aliphatic heterocycles. The minimum Gasteiger partial charge on any atom is -0.341 e. The Kier molecular flexibility index (Phi) is 3.42. The van der Waals surface area contributed by atoms with E-state index in [1.54, 1.807) is 10.9 Å². The van der Waals surface area contributed by atoms with Crippen LogP contribution in [0.4, 0.5) is 0 Å². The highest BCUT2D eigenvalue weighted by atomic mass is 16.2. The van der Waals surface area contributed by atoms with Crippen molar-refractivity contribution >= 4 is 5.91 Å². The summed E-state index contributed by atoms with van der Waals surface area (Å²) in [5.74, 6) is 0.747. The molecule has 1 aromatic rings. The molecule has 6 nitrogen and oxygen atoms in total. The van der Waals surface area contributed by atoms with Crippen molar-refractivity contribution in [3.05, 3.63) is 11.9 Å². The van der Waals surface area contributed by atoms with Gasteiger partial charge >= 0.3 is 0 Å². The Morgan fingerprint density at radius 1 is 1.71 bits per heavy atom. The third-order valence-electron chi connectivity index (χ3n) is 3.40. The molecule has 0 aromatic carbocycles. The van der Waals surface area contributed by atoms with Crippen molar-refractivity contribution in [2.24, 2.45) is 11.7 Å². The van der Waals surface area contributed by atoms with Crippen LogP contribution < -0.4 is 5.73 Å². The normalized spacial score (nSPS) is 16.9. The lowest BCUT2D eigenvalue weighted by atomic mass is 10.2. The van der Waals surface area contributed by atoms with E-state index in [0.29, 0.717) is 24.2 Å². The predicted octanol–water partition coefficient (Wildman–Crippen LogP) is -0.00630. The second-order valence-corrected chi connectivity index (χ2v) is 4.69. The van der Waals surface area contributed by atoms with Gasteiger partial charge in [-0.3, -0.25) is 4.79 Å². The van der Waals surface area contributed by atoms with E-state index in [0.717, 1.165) is 0 Å². The predicted molar refractivity (Wildman–Crippen MR) is 62.9 cm³/mol. The average Bonchev–Trinajstić information content (AvgIpc) is 3.08. The Labute approximate surface area is 101 Å². The number of hydrogen-bond donors (Lipinski definition) is 1. The van der Waals surface area contributed by atoms with Gasteiger partial charge in [0, 0.05) is 19.6 Å². The molecular weight excluding hydrogens is 218 g/mol. The number of nitrogens with zero attached hydrogens (tertiary/aromatic N) is 4. The summed E-state index contributed by atoms with van der Waals surface area (Å²) in [4.78, 5) is 13.8. The number of likely N-dealkylation sites (N-methyl/N-ethyl adjacent to an activating group) is 1. The molecule has 1 aromatic heterocycles. The number of hydrogen-bond acceptors (Lipinski definition) is 4. The Bertz CT molecular complexity index is 398. The van der Waals surface area contributed by atoms with Gasteiger partial charge in [-0.1, -0.05) is 5.21 Å². The fourth-order valence-corrected chi connectivity index (χ4v) is 1.88. The van der Waals surface area contributed by atoms with Gasteiger partial charge in [-0.25, -0.2) is 4.68 Å². The largest absolute Gasteiger partial charge is 0.341 e. The van der Waals surface area contributed by atoms with Crippen LogP contribution in [0.3, 0.4) is 0 Å². The fourth-order valence-electron chi connectivity index (χ4n) is 1.88. The fraction of sp³-hybridized carbons (Fsp3) is 0.727. The zero-order chi connectivity index (χ0) is 12.4. The van der Waals surface area contributed by atoms with E-state index in [-0.39, 0.29) is 12.5 Å². The van der Waals surface area contributed by atoms with Crippen LogP contribution in [0.25, 0.3) is 0 Å². The summed E-state index contributed by atoms with van der Waals surface area (Å²) < 4.78 is 1.54. The third kappa shape index (κ3) is 2.82. The Morgan fingerprint density at radius 2 is 2.41 bits per heavy atom. The molecule has 1 aliphatic carbocycles. The monoisotopic (exact) mass is 237 g/mol. The van der Waals surface area contributed by atoms with Crippen LogP contribution in [0.1, 0.15) is 25.5 Å². The zero-order valence-electron chi connectivity index (χ0n) is 10.3. The van der Waals surface area contributed by atoms with Crippen molar-refractivity contribution < 1.29 is 4.79 Å². The summed E-state index contributed by atoms with van der Waals surface area (Å²) >= 11 is 0. The number of nitrogens with two attached hydrogens (primary N) is 1. The van der Waals surface area contributed by atoms with E-state index < -0.39 is 0 Å². The Morgan fingerprint density at radius 3 is 2.94 bits per heavy atom. The van der Waals surface area contributed by atoms with Gasteiger partial charge in [0.15, 0.2) is 0 Å². The Balaban J connectivity index is 1.91. The lowest BCUT2D eigenvalue weighted by Crippen LogP contribution is -2.38. The molecule has 6 heteroatoms. The molecule has 1 fully saturated rings. The van der Waals surface area contributed by atoms with Gasteiger partial charge in [-0.15, -0.1) is 5.10 Å². The van der Waals surface area contributed by atoms with Crippen LogP contribution in [0.2, 0.25) is 0 Å². The van der Waals surface area contributed by atoms with Gasteiger partial charge in [0.2, 0.25) is 5.91 Å². The second kappa shape index (κ2) is 4.83. The molecule has 2 rings (SSSR count). The molecule has 1 atom stereocenters. The van der Waals surface area contributed by atoms with E-state index in [4.69, 9.17) is 5.73 Å². The Hall–Kier alpha value is -1.43. The van der Waals surface area contributed by atoms with E-state index in [1.165, 1.54) is 12.8 Å². The molecule has 0 bridgehead atoms. The van der Waals surface area contributed by atoms with Crippen molar-refractivity contribution in [3.8, 4) is 0 Å². The van der Waals surface area contributed by atoms with Gasteiger partial charge in [-0.05, 0) is 25.7 Å². The lowest BCUT2D eigenvalue weighted by Gasteiger charge is -2.24. The van der Waals surface area contributed by atoms with Crippen LogP contribution in [-0.2, 0) is 17.9 Å². The molecule has 1 amide bonds. The number of amides is 1. The van der Waals surface area contributed by atoms with Crippen molar-refractivity contribution in [3.63, 3.8) is 0 Å². The van der Waals surface area contributed by atoms with Gasteiger partial charge in [0.25, 0.3) is 0 Å². The summed E-state index contributed by atoms with van der Waals surface area (Å²) in [5, 5.41) is 7.72. The molecular formula is C11H19N5O. The van der Waals surface area contributed by atoms with Gasteiger partial charge in [0.1, 0.15) is 6.54 Å². The maximum atomic E-state index is 12.0. The van der Waals surface area contributed by atoms with Gasteiger partial charge in [0.05, 0.1) is 11.9 Å². The topological polar surface area (TPSA) is 77.0 Å². The van der Waals surface area contributed by atoms with E-state index in [1.807, 2.05) is 11.9 Å². The van der Waals surface area contributed by atoms with Crippen molar-refractivity contribution in [1.82, 2.24) is 19.9 Å². The number of rotatable bonds is 5. The van der Waals surface area contributed by atoms with Crippen LogP contribution in [0.5, 0.6) is 0 Å². The standard InChI is InChI=1S/C11H19N5O/c1-8(9-3-4-9)15(2)11(17)7-16-6-10(5-12)13-14-16/h6,8-9H,3-5,7,12H2,1-2H3. The highest BCUT2D eigenvalue weighted by Crippen LogP contribution is 2.34. The minimum absolute atomic E-state index is 0.0675. The number of carbonyl (C=O) groups excluding carboxylic acids is 1. The average molecular weight is 237 g/mol. The van der Waals surface area contributed by atoms with Crippen molar-refractivity contribution in [2.75, 3.05) is 7.05 Å². The molecule has 0 radical (unpaired) electrons. The van der Waals surface area contributed by atoms with E-state index in [2.05, 4.69) is 17.2 Å². The van der Waals surface area contributed by atoms with Crippen LogP contribution in [0.15, 0.2) is 6.20 Å². The molecule has 1 unspecified atom stereocenters. The summed E-state index contributed by atoms with van der Waals surface area (Å²) in [6.07, 6.45) is 4.19. The highest BCUT2D eigenvalue weighted by Gasteiger charge is 2.32. The first-order chi connectivity index (χ1) is 8.11. The first-order valence-corrected chi connectivity index (χ1v) is 5.96. The third-order valence-corrected chi connectivity index (χ3v) is 3.40. The van der Waals surface area contributed by atoms with Crippen LogP contribution >= 0.6 is 0 Å². The minimum atomic E-state index is 0.0675. The van der Waals surface area contributed by atoms with Crippen molar-refractivity contribution in [2.45, 2.75) is 38.9 Å². The molecule has 0 saturated heterocycles. The highest BCUT2D eigenvalue weighted by molar-refractivity contribution is 5.75. The first-order valence-electron chi connectivity index (χ1n) is 5.96. The van der Waals surface area contributed by atoms with Crippen LogP contribution in [0, 0.1) is 5.92 Å². The quantitative estimate of drug-likeness (QED) is 0.781. The molecule has 94 valence electrons.